The zero-order valence-electron chi connectivity index (χ0n) is 9.40. The van der Waals surface area contributed by atoms with Gasteiger partial charge in [0.2, 0.25) is 0 Å². The first-order valence-corrected chi connectivity index (χ1v) is 5.51. The first-order chi connectivity index (χ1) is 6.14. The predicted octanol–water partition coefficient (Wildman–Crippen LogP) is 1.72. The maximum absolute atomic E-state index is 3.21. The average molecular weight is 184 g/mol. The quantitative estimate of drug-likeness (QED) is 0.718. The van der Waals surface area contributed by atoms with Crippen LogP contribution in [0.25, 0.3) is 0 Å². The van der Waals surface area contributed by atoms with Gasteiger partial charge in [-0.25, -0.2) is 0 Å². The number of nitrogens with one attached hydrogen (secondary N) is 1. The van der Waals surface area contributed by atoms with Gasteiger partial charge in [0.15, 0.2) is 0 Å². The number of hydrogen-bond acceptors (Lipinski definition) is 2. The van der Waals surface area contributed by atoms with E-state index in [1.807, 2.05) is 7.05 Å². The van der Waals surface area contributed by atoms with Gasteiger partial charge in [0.1, 0.15) is 0 Å². The molecule has 0 aromatic carbocycles. The Labute approximate surface area is 82.7 Å². The largest absolute Gasteiger partial charge is 0.318 e. The van der Waals surface area contributed by atoms with Gasteiger partial charge in [0, 0.05) is 13.1 Å². The molecule has 0 bridgehead atoms. The Bertz CT molecular complexity index is 143. The van der Waals surface area contributed by atoms with Crippen molar-refractivity contribution >= 4 is 0 Å². The number of hydrogen-bond donors (Lipinski definition) is 1. The summed E-state index contributed by atoms with van der Waals surface area (Å²) >= 11 is 0. The second-order valence-corrected chi connectivity index (χ2v) is 4.96. The summed E-state index contributed by atoms with van der Waals surface area (Å²) in [5, 5.41) is 3.21. The lowest BCUT2D eigenvalue weighted by Crippen LogP contribution is -2.32. The van der Waals surface area contributed by atoms with Gasteiger partial charge in [0.25, 0.3) is 0 Å². The lowest BCUT2D eigenvalue weighted by Gasteiger charge is -2.23. The fourth-order valence-corrected chi connectivity index (χ4v) is 1.97. The van der Waals surface area contributed by atoms with Gasteiger partial charge in [-0.2, -0.15) is 0 Å². The highest BCUT2D eigenvalue weighted by atomic mass is 15.1. The fourth-order valence-electron chi connectivity index (χ4n) is 1.97. The fraction of sp³-hybridized carbons (Fsp3) is 1.00. The highest BCUT2D eigenvalue weighted by molar-refractivity contribution is 4.76. The number of nitrogens with zero attached hydrogens (tertiary/aromatic N) is 1. The zero-order valence-corrected chi connectivity index (χ0v) is 9.40. The molecule has 0 spiro atoms. The summed E-state index contributed by atoms with van der Waals surface area (Å²) in [5.41, 5.74) is 0.578. The molecule has 0 aliphatic carbocycles. The summed E-state index contributed by atoms with van der Waals surface area (Å²) in [6, 6.07) is 0. The molecule has 1 aliphatic rings. The Kier molecular flexibility index (Phi) is 4.20. The first kappa shape index (κ1) is 11.0. The Balaban J connectivity index is 2.28. The van der Waals surface area contributed by atoms with Gasteiger partial charge in [-0.1, -0.05) is 13.8 Å². The van der Waals surface area contributed by atoms with Crippen LogP contribution in [0.5, 0.6) is 0 Å². The normalized spacial score (nSPS) is 24.2. The highest BCUT2D eigenvalue weighted by Gasteiger charge is 2.22. The summed E-state index contributed by atoms with van der Waals surface area (Å²) in [7, 11) is 2.03. The molecule has 0 atom stereocenters. The van der Waals surface area contributed by atoms with Crippen molar-refractivity contribution < 1.29 is 0 Å². The molecule has 1 rings (SSSR count). The van der Waals surface area contributed by atoms with Crippen molar-refractivity contribution in [2.45, 2.75) is 33.1 Å². The third kappa shape index (κ3) is 4.10. The maximum Gasteiger partial charge on any atom is 0.0107 e. The van der Waals surface area contributed by atoms with E-state index in [0.717, 1.165) is 6.54 Å². The second kappa shape index (κ2) is 4.97. The van der Waals surface area contributed by atoms with Crippen molar-refractivity contribution in [1.29, 1.82) is 0 Å². The molecule has 0 radical (unpaired) electrons. The molecule has 1 heterocycles. The van der Waals surface area contributed by atoms with Crippen LogP contribution in [0.4, 0.5) is 0 Å². The number of likely N-dealkylation sites (N-methyl/N-ethyl adjacent to an activating group) is 1. The van der Waals surface area contributed by atoms with E-state index < -0.39 is 0 Å². The minimum atomic E-state index is 0.578. The van der Waals surface area contributed by atoms with Gasteiger partial charge in [-0.3, -0.25) is 0 Å². The molecule has 1 N–H and O–H groups in total. The Morgan fingerprint density at radius 2 is 2.00 bits per heavy atom. The van der Waals surface area contributed by atoms with Crippen molar-refractivity contribution in [2.75, 3.05) is 33.2 Å². The second-order valence-electron chi connectivity index (χ2n) is 4.96. The summed E-state index contributed by atoms with van der Waals surface area (Å²) < 4.78 is 0. The molecule has 0 aromatic heterocycles. The van der Waals surface area contributed by atoms with Crippen LogP contribution in [-0.2, 0) is 0 Å². The van der Waals surface area contributed by atoms with E-state index in [-0.39, 0.29) is 0 Å². The van der Waals surface area contributed by atoms with Gasteiger partial charge >= 0.3 is 0 Å². The molecular formula is C11H24N2. The third-order valence-electron chi connectivity index (χ3n) is 3.11. The van der Waals surface area contributed by atoms with Gasteiger partial charge in [-0.05, 0) is 44.8 Å². The summed E-state index contributed by atoms with van der Waals surface area (Å²) in [6.07, 6.45) is 4.12. The van der Waals surface area contributed by atoms with Crippen LogP contribution in [0.3, 0.4) is 0 Å². The molecule has 0 amide bonds. The lowest BCUT2D eigenvalue weighted by atomic mass is 9.85. The standard InChI is InChI=1S/C11H24N2/c1-11(2)5-4-8-13(9-6-11)10-7-12-3/h12H,4-10H2,1-3H3. The minimum Gasteiger partial charge on any atom is -0.318 e. The molecule has 0 unspecified atom stereocenters. The molecule has 2 heteroatoms. The molecule has 13 heavy (non-hydrogen) atoms. The van der Waals surface area contributed by atoms with Crippen LogP contribution in [0.1, 0.15) is 33.1 Å². The summed E-state index contributed by atoms with van der Waals surface area (Å²) in [4.78, 5) is 2.59. The van der Waals surface area contributed by atoms with E-state index in [0.29, 0.717) is 5.41 Å². The van der Waals surface area contributed by atoms with Crippen LogP contribution >= 0.6 is 0 Å². The minimum absolute atomic E-state index is 0.578. The lowest BCUT2D eigenvalue weighted by molar-refractivity contribution is 0.264. The topological polar surface area (TPSA) is 15.3 Å². The van der Waals surface area contributed by atoms with E-state index in [4.69, 9.17) is 0 Å². The molecule has 78 valence electrons. The van der Waals surface area contributed by atoms with E-state index in [2.05, 4.69) is 24.1 Å². The molecule has 1 saturated heterocycles. The molecule has 0 aromatic rings. The summed E-state index contributed by atoms with van der Waals surface area (Å²) in [6.45, 7) is 9.72. The maximum atomic E-state index is 3.21. The van der Waals surface area contributed by atoms with Crippen molar-refractivity contribution in [2.24, 2.45) is 5.41 Å². The summed E-state index contributed by atoms with van der Waals surface area (Å²) in [5.74, 6) is 0. The monoisotopic (exact) mass is 184 g/mol. The Morgan fingerprint density at radius 3 is 2.69 bits per heavy atom. The number of likely N-dealkylation sites (tertiary alicyclic amines) is 1. The van der Waals surface area contributed by atoms with Crippen LogP contribution < -0.4 is 5.32 Å². The predicted molar refractivity (Wildman–Crippen MR) is 58.0 cm³/mol. The van der Waals surface area contributed by atoms with Gasteiger partial charge < -0.3 is 10.2 Å². The van der Waals surface area contributed by atoms with Crippen LogP contribution in [0.15, 0.2) is 0 Å². The molecular weight excluding hydrogens is 160 g/mol. The Morgan fingerprint density at radius 1 is 1.23 bits per heavy atom. The molecule has 0 saturated carbocycles. The van der Waals surface area contributed by atoms with Gasteiger partial charge in [-0.15, -0.1) is 0 Å². The van der Waals surface area contributed by atoms with E-state index in [1.165, 1.54) is 38.9 Å². The molecule has 1 aliphatic heterocycles. The Hall–Kier alpha value is -0.0800. The van der Waals surface area contributed by atoms with Crippen molar-refractivity contribution in [3.05, 3.63) is 0 Å². The molecule has 1 fully saturated rings. The van der Waals surface area contributed by atoms with Gasteiger partial charge in [0.05, 0.1) is 0 Å². The van der Waals surface area contributed by atoms with Crippen molar-refractivity contribution in [1.82, 2.24) is 10.2 Å². The van der Waals surface area contributed by atoms with Crippen LogP contribution in [-0.4, -0.2) is 38.1 Å². The van der Waals surface area contributed by atoms with E-state index in [1.54, 1.807) is 0 Å². The average Bonchev–Trinajstić information content (AvgIpc) is 2.23. The van der Waals surface area contributed by atoms with Crippen LogP contribution in [0, 0.1) is 5.41 Å². The van der Waals surface area contributed by atoms with E-state index in [9.17, 15) is 0 Å². The van der Waals surface area contributed by atoms with E-state index >= 15 is 0 Å². The van der Waals surface area contributed by atoms with Crippen molar-refractivity contribution in [3.63, 3.8) is 0 Å². The SMILES string of the molecule is CNCCN1CCCC(C)(C)CC1. The van der Waals surface area contributed by atoms with Crippen LogP contribution in [0.2, 0.25) is 0 Å². The third-order valence-corrected chi connectivity index (χ3v) is 3.11. The highest BCUT2D eigenvalue weighted by Crippen LogP contribution is 2.29. The van der Waals surface area contributed by atoms with Crippen molar-refractivity contribution in [3.8, 4) is 0 Å². The number of rotatable bonds is 3. The smallest absolute Gasteiger partial charge is 0.0107 e. The first-order valence-electron chi connectivity index (χ1n) is 5.51. The molecule has 2 nitrogen and oxygen atoms in total. The zero-order chi connectivity index (χ0) is 9.73.